The van der Waals surface area contributed by atoms with E-state index in [1.165, 1.54) is 23.1 Å². The number of nitrogens with zero attached hydrogens (tertiary/aromatic N) is 1. The lowest BCUT2D eigenvalue weighted by molar-refractivity contribution is -0.113. The molecule has 0 saturated carbocycles. The molecule has 1 heterocycles. The minimum Gasteiger partial charge on any atom is -0.330 e. The summed E-state index contributed by atoms with van der Waals surface area (Å²) >= 11 is 2.97. The molecule has 3 N–H and O–H groups in total. The molecular formula is C8H13N3OS2. The Morgan fingerprint density at radius 1 is 1.79 bits per heavy atom. The fourth-order valence-corrected chi connectivity index (χ4v) is 2.09. The molecular weight excluding hydrogens is 218 g/mol. The van der Waals surface area contributed by atoms with Gasteiger partial charge in [-0.05, 0) is 6.92 Å². The van der Waals surface area contributed by atoms with Crippen molar-refractivity contribution < 1.29 is 4.79 Å². The second kappa shape index (κ2) is 6.00. The minimum absolute atomic E-state index is 0.0159. The predicted octanol–water partition coefficient (Wildman–Crippen LogP) is 1.08. The molecule has 4 nitrogen and oxygen atoms in total. The molecule has 1 amide bonds. The number of anilines is 1. The Hall–Kier alpha value is -0.590. The van der Waals surface area contributed by atoms with Crippen LogP contribution < -0.4 is 11.1 Å². The van der Waals surface area contributed by atoms with Gasteiger partial charge in [-0.3, -0.25) is 4.79 Å². The summed E-state index contributed by atoms with van der Waals surface area (Å²) in [4.78, 5) is 15.4. The first-order valence-corrected chi connectivity index (χ1v) is 6.25. The Bertz CT molecular complexity index is 301. The monoisotopic (exact) mass is 231 g/mol. The molecule has 0 unspecified atom stereocenters. The second-order valence-corrected chi connectivity index (χ2v) is 4.65. The van der Waals surface area contributed by atoms with Crippen molar-refractivity contribution in [3.8, 4) is 0 Å². The van der Waals surface area contributed by atoms with Crippen molar-refractivity contribution >= 4 is 34.1 Å². The third kappa shape index (κ3) is 4.08. The summed E-state index contributed by atoms with van der Waals surface area (Å²) in [7, 11) is 0. The highest BCUT2D eigenvalue weighted by molar-refractivity contribution is 7.99. The van der Waals surface area contributed by atoms with Crippen LogP contribution in [0.4, 0.5) is 5.13 Å². The second-order valence-electron chi connectivity index (χ2n) is 2.68. The average molecular weight is 231 g/mol. The van der Waals surface area contributed by atoms with E-state index >= 15 is 0 Å². The molecule has 0 radical (unpaired) electrons. The maximum Gasteiger partial charge on any atom is 0.236 e. The van der Waals surface area contributed by atoms with E-state index in [0.717, 1.165) is 11.4 Å². The number of thiazole rings is 1. The van der Waals surface area contributed by atoms with Crippen LogP contribution in [0, 0.1) is 6.92 Å². The summed E-state index contributed by atoms with van der Waals surface area (Å²) in [6, 6.07) is 0. The molecule has 0 atom stereocenters. The van der Waals surface area contributed by atoms with Gasteiger partial charge >= 0.3 is 0 Å². The molecule has 0 fully saturated rings. The zero-order valence-corrected chi connectivity index (χ0v) is 9.58. The number of nitrogens with two attached hydrogens (primary N) is 1. The largest absolute Gasteiger partial charge is 0.330 e. The van der Waals surface area contributed by atoms with E-state index in [4.69, 9.17) is 5.73 Å². The van der Waals surface area contributed by atoms with Crippen molar-refractivity contribution in [1.29, 1.82) is 0 Å². The van der Waals surface area contributed by atoms with Crippen molar-refractivity contribution in [2.24, 2.45) is 5.73 Å². The van der Waals surface area contributed by atoms with Crippen LogP contribution in [0.5, 0.6) is 0 Å². The van der Waals surface area contributed by atoms with Crippen LogP contribution in [0.15, 0.2) is 5.38 Å². The number of aromatic nitrogens is 1. The topological polar surface area (TPSA) is 68.0 Å². The van der Waals surface area contributed by atoms with Crippen LogP contribution in [-0.2, 0) is 4.79 Å². The van der Waals surface area contributed by atoms with Gasteiger partial charge in [0, 0.05) is 17.7 Å². The van der Waals surface area contributed by atoms with Crippen LogP contribution in [0.2, 0.25) is 0 Å². The lowest BCUT2D eigenvalue weighted by Crippen LogP contribution is -2.15. The van der Waals surface area contributed by atoms with Crippen molar-refractivity contribution in [2.75, 3.05) is 23.4 Å². The molecule has 1 aromatic rings. The molecule has 1 rings (SSSR count). The normalized spacial score (nSPS) is 10.1. The summed E-state index contributed by atoms with van der Waals surface area (Å²) in [5, 5.41) is 5.30. The number of thioether (sulfide) groups is 1. The molecule has 1 aromatic heterocycles. The minimum atomic E-state index is -0.0159. The Balaban J connectivity index is 2.27. The van der Waals surface area contributed by atoms with Crippen molar-refractivity contribution in [2.45, 2.75) is 6.92 Å². The summed E-state index contributed by atoms with van der Waals surface area (Å²) in [6.07, 6.45) is 0. The summed E-state index contributed by atoms with van der Waals surface area (Å²) in [6.45, 7) is 2.50. The molecule has 0 bridgehead atoms. The van der Waals surface area contributed by atoms with E-state index in [2.05, 4.69) is 10.3 Å². The fourth-order valence-electron chi connectivity index (χ4n) is 0.815. The maximum atomic E-state index is 11.3. The van der Waals surface area contributed by atoms with Crippen molar-refractivity contribution in [3.63, 3.8) is 0 Å². The highest BCUT2D eigenvalue weighted by atomic mass is 32.2. The number of aryl methyl sites for hydroxylation is 1. The lowest BCUT2D eigenvalue weighted by Gasteiger charge is -2.00. The van der Waals surface area contributed by atoms with Crippen LogP contribution >= 0.6 is 23.1 Å². The zero-order chi connectivity index (χ0) is 10.4. The number of hydrogen-bond donors (Lipinski definition) is 2. The first kappa shape index (κ1) is 11.5. The van der Waals surface area contributed by atoms with Gasteiger partial charge in [-0.2, -0.15) is 11.8 Å². The van der Waals surface area contributed by atoms with Crippen LogP contribution in [0.25, 0.3) is 0 Å². The van der Waals surface area contributed by atoms with Crippen LogP contribution in [-0.4, -0.2) is 28.9 Å². The summed E-state index contributed by atoms with van der Waals surface area (Å²) in [5.41, 5.74) is 6.24. The quantitative estimate of drug-likeness (QED) is 0.744. The van der Waals surface area contributed by atoms with Crippen molar-refractivity contribution in [3.05, 3.63) is 11.1 Å². The van der Waals surface area contributed by atoms with E-state index in [0.29, 0.717) is 17.4 Å². The standard InChI is InChI=1S/C8H13N3OS2/c1-6-4-14-8(10-6)11-7(12)5-13-3-2-9/h4H,2-3,5,9H2,1H3,(H,10,11,12). The van der Waals surface area contributed by atoms with Gasteiger partial charge in [-0.1, -0.05) is 0 Å². The van der Waals surface area contributed by atoms with E-state index in [1.54, 1.807) is 0 Å². The van der Waals surface area contributed by atoms with Crippen LogP contribution in [0.3, 0.4) is 0 Å². The molecule has 0 aliphatic heterocycles. The van der Waals surface area contributed by atoms with Gasteiger partial charge in [0.05, 0.1) is 11.4 Å². The van der Waals surface area contributed by atoms with Gasteiger partial charge in [0.25, 0.3) is 0 Å². The predicted molar refractivity (Wildman–Crippen MR) is 61.9 cm³/mol. The number of carbonyl (C=O) groups excluding carboxylic acids is 1. The average Bonchev–Trinajstić information content (AvgIpc) is 2.52. The number of carbonyl (C=O) groups is 1. The van der Waals surface area contributed by atoms with Gasteiger partial charge in [0.15, 0.2) is 5.13 Å². The molecule has 6 heteroatoms. The molecule has 78 valence electrons. The highest BCUT2D eigenvalue weighted by Crippen LogP contribution is 2.14. The highest BCUT2D eigenvalue weighted by Gasteiger charge is 2.04. The van der Waals surface area contributed by atoms with Gasteiger partial charge in [0.2, 0.25) is 5.91 Å². The first-order valence-electron chi connectivity index (χ1n) is 4.22. The fraction of sp³-hybridized carbons (Fsp3) is 0.500. The molecule has 0 saturated heterocycles. The molecule has 14 heavy (non-hydrogen) atoms. The molecule has 0 aromatic carbocycles. The molecule has 0 aliphatic rings. The van der Waals surface area contributed by atoms with Gasteiger partial charge in [-0.15, -0.1) is 11.3 Å². The van der Waals surface area contributed by atoms with Crippen molar-refractivity contribution in [1.82, 2.24) is 4.98 Å². The molecule has 0 spiro atoms. The van der Waals surface area contributed by atoms with Gasteiger partial charge < -0.3 is 11.1 Å². The Kier molecular flexibility index (Phi) is 4.92. The third-order valence-corrected chi connectivity index (χ3v) is 3.23. The Labute approximate surface area is 91.3 Å². The third-order valence-electron chi connectivity index (χ3n) is 1.36. The SMILES string of the molecule is Cc1csc(NC(=O)CSCCN)n1. The van der Waals surface area contributed by atoms with E-state index in [-0.39, 0.29) is 5.91 Å². The van der Waals surface area contributed by atoms with E-state index in [9.17, 15) is 4.79 Å². The first-order chi connectivity index (χ1) is 6.72. The Morgan fingerprint density at radius 3 is 3.14 bits per heavy atom. The van der Waals surface area contributed by atoms with Gasteiger partial charge in [-0.25, -0.2) is 4.98 Å². The number of rotatable bonds is 5. The summed E-state index contributed by atoms with van der Waals surface area (Å²) in [5.74, 6) is 1.23. The van der Waals surface area contributed by atoms with E-state index < -0.39 is 0 Å². The molecule has 0 aliphatic carbocycles. The smallest absolute Gasteiger partial charge is 0.236 e. The van der Waals surface area contributed by atoms with Gasteiger partial charge in [0.1, 0.15) is 0 Å². The summed E-state index contributed by atoms with van der Waals surface area (Å²) < 4.78 is 0. The zero-order valence-electron chi connectivity index (χ0n) is 7.95. The number of amides is 1. The number of nitrogens with one attached hydrogen (secondary N) is 1. The number of hydrogen-bond acceptors (Lipinski definition) is 5. The lowest BCUT2D eigenvalue weighted by atomic mass is 10.6. The Morgan fingerprint density at radius 2 is 2.57 bits per heavy atom. The maximum absolute atomic E-state index is 11.3. The van der Waals surface area contributed by atoms with E-state index in [1.807, 2.05) is 12.3 Å². The van der Waals surface area contributed by atoms with Crippen LogP contribution in [0.1, 0.15) is 5.69 Å².